The summed E-state index contributed by atoms with van der Waals surface area (Å²) in [5, 5.41) is 8.56. The van der Waals surface area contributed by atoms with E-state index in [0.717, 1.165) is 40.0 Å². The molecule has 2 heterocycles. The molecule has 0 saturated carbocycles. The van der Waals surface area contributed by atoms with Crippen molar-refractivity contribution < 1.29 is 4.39 Å². The van der Waals surface area contributed by atoms with Crippen LogP contribution in [0.1, 0.15) is 23.7 Å². The van der Waals surface area contributed by atoms with Crippen LogP contribution in [0.3, 0.4) is 0 Å². The fourth-order valence-electron chi connectivity index (χ4n) is 2.58. The summed E-state index contributed by atoms with van der Waals surface area (Å²) in [4.78, 5) is 10.2. The van der Waals surface area contributed by atoms with Crippen molar-refractivity contribution >= 4 is 58.0 Å². The minimum atomic E-state index is -0.202. The van der Waals surface area contributed by atoms with E-state index in [1.807, 2.05) is 41.4 Å². The Morgan fingerprint density at radius 2 is 2.19 bits per heavy atom. The standard InChI is InChI=1S/C18H22FN5S2.HI/c1-3-20-17(22-10-16-11-24-6-7-26-18(24)23-16)21-9-13-4-5-15(19)8-14(13)12-25-2;/h4-8,11H,3,9-10,12H2,1-2H3,(H2,20,21,22);1H. The summed E-state index contributed by atoms with van der Waals surface area (Å²) in [5.41, 5.74) is 3.00. The second kappa shape index (κ2) is 10.9. The highest BCUT2D eigenvalue weighted by Gasteiger charge is 2.06. The zero-order valence-electron chi connectivity index (χ0n) is 15.2. The van der Waals surface area contributed by atoms with Gasteiger partial charge in [-0.25, -0.2) is 14.4 Å². The molecule has 2 aromatic heterocycles. The fourth-order valence-corrected chi connectivity index (χ4v) is 3.88. The molecular weight excluding hydrogens is 496 g/mol. The molecule has 0 bridgehead atoms. The molecule has 1 aromatic carbocycles. The van der Waals surface area contributed by atoms with Crippen molar-refractivity contribution in [2.24, 2.45) is 4.99 Å². The number of imidazole rings is 1. The Morgan fingerprint density at radius 3 is 2.93 bits per heavy atom. The zero-order valence-corrected chi connectivity index (χ0v) is 19.2. The number of halogens is 2. The van der Waals surface area contributed by atoms with Gasteiger partial charge in [0.1, 0.15) is 5.82 Å². The molecule has 0 aliphatic heterocycles. The number of fused-ring (bicyclic) bond motifs is 1. The number of thiazole rings is 1. The van der Waals surface area contributed by atoms with E-state index >= 15 is 0 Å². The van der Waals surface area contributed by atoms with Gasteiger partial charge >= 0.3 is 0 Å². The van der Waals surface area contributed by atoms with Crippen molar-refractivity contribution in [2.45, 2.75) is 25.8 Å². The van der Waals surface area contributed by atoms with Crippen LogP contribution in [0, 0.1) is 5.82 Å². The van der Waals surface area contributed by atoms with E-state index in [-0.39, 0.29) is 29.8 Å². The van der Waals surface area contributed by atoms with E-state index in [1.165, 1.54) is 6.07 Å². The summed E-state index contributed by atoms with van der Waals surface area (Å²) in [6, 6.07) is 4.91. The van der Waals surface area contributed by atoms with Gasteiger partial charge in [-0.2, -0.15) is 11.8 Å². The maximum Gasteiger partial charge on any atom is 0.193 e. The number of hydrogen-bond acceptors (Lipinski definition) is 4. The van der Waals surface area contributed by atoms with Gasteiger partial charge in [0.25, 0.3) is 0 Å². The molecule has 0 saturated heterocycles. The minimum Gasteiger partial charge on any atom is -0.357 e. The molecule has 2 N–H and O–H groups in total. The molecule has 9 heteroatoms. The maximum absolute atomic E-state index is 13.5. The van der Waals surface area contributed by atoms with Gasteiger partial charge < -0.3 is 10.6 Å². The van der Waals surface area contributed by atoms with Crippen LogP contribution in [0.25, 0.3) is 4.96 Å². The molecule has 0 aliphatic carbocycles. The van der Waals surface area contributed by atoms with Crippen molar-refractivity contribution in [1.29, 1.82) is 0 Å². The van der Waals surface area contributed by atoms with Crippen LogP contribution in [0.4, 0.5) is 4.39 Å². The normalized spacial score (nSPS) is 11.4. The number of nitrogens with zero attached hydrogens (tertiary/aromatic N) is 3. The highest BCUT2D eigenvalue weighted by atomic mass is 127. The Balaban J connectivity index is 0.00000261. The van der Waals surface area contributed by atoms with E-state index in [9.17, 15) is 4.39 Å². The summed E-state index contributed by atoms with van der Waals surface area (Å²) in [6.07, 6.45) is 6.02. The highest BCUT2D eigenvalue weighted by molar-refractivity contribution is 14.0. The predicted molar refractivity (Wildman–Crippen MR) is 124 cm³/mol. The average molecular weight is 519 g/mol. The maximum atomic E-state index is 13.5. The van der Waals surface area contributed by atoms with Crippen LogP contribution in [-0.4, -0.2) is 28.1 Å². The largest absolute Gasteiger partial charge is 0.357 e. The van der Waals surface area contributed by atoms with E-state index in [2.05, 4.69) is 20.6 Å². The van der Waals surface area contributed by atoms with Gasteiger partial charge in [-0.15, -0.1) is 35.3 Å². The molecule has 5 nitrogen and oxygen atoms in total. The van der Waals surface area contributed by atoms with Crippen molar-refractivity contribution in [3.63, 3.8) is 0 Å². The second-order valence-electron chi connectivity index (χ2n) is 5.72. The summed E-state index contributed by atoms with van der Waals surface area (Å²) >= 11 is 3.29. The molecule has 0 atom stereocenters. The van der Waals surface area contributed by atoms with Gasteiger partial charge in [0.15, 0.2) is 10.9 Å². The molecule has 0 spiro atoms. The smallest absolute Gasteiger partial charge is 0.193 e. The van der Waals surface area contributed by atoms with E-state index < -0.39 is 0 Å². The quantitative estimate of drug-likeness (QED) is 0.278. The van der Waals surface area contributed by atoms with Crippen LogP contribution >= 0.6 is 47.1 Å². The number of hydrogen-bond donors (Lipinski definition) is 2. The van der Waals surface area contributed by atoms with Crippen molar-refractivity contribution in [3.8, 4) is 0 Å². The minimum absolute atomic E-state index is 0. The van der Waals surface area contributed by atoms with Crippen molar-refractivity contribution in [2.75, 3.05) is 12.8 Å². The first kappa shape index (κ1) is 22.0. The lowest BCUT2D eigenvalue weighted by Crippen LogP contribution is -2.36. The van der Waals surface area contributed by atoms with Crippen molar-refractivity contribution in [3.05, 3.63) is 58.6 Å². The number of benzene rings is 1. The Hall–Kier alpha value is -1.33. The van der Waals surface area contributed by atoms with Gasteiger partial charge in [0.2, 0.25) is 0 Å². The Labute approximate surface area is 183 Å². The third kappa shape index (κ3) is 6.08. The molecule has 3 aromatic rings. The first-order valence-corrected chi connectivity index (χ1v) is 10.7. The molecule has 0 aliphatic rings. The van der Waals surface area contributed by atoms with Gasteiger partial charge in [-0.05, 0) is 36.4 Å². The summed E-state index contributed by atoms with van der Waals surface area (Å²) in [5.74, 6) is 1.30. The summed E-state index contributed by atoms with van der Waals surface area (Å²) in [7, 11) is 0. The van der Waals surface area contributed by atoms with Crippen molar-refractivity contribution in [1.82, 2.24) is 20.0 Å². The number of rotatable bonds is 7. The fraction of sp³-hybridized carbons (Fsp3) is 0.333. The number of nitrogens with one attached hydrogen (secondary N) is 2. The zero-order chi connectivity index (χ0) is 18.4. The number of aromatic nitrogens is 2. The lowest BCUT2D eigenvalue weighted by Gasteiger charge is -2.11. The highest BCUT2D eigenvalue weighted by Crippen LogP contribution is 2.17. The molecule has 0 radical (unpaired) electrons. The van der Waals surface area contributed by atoms with E-state index in [0.29, 0.717) is 13.1 Å². The number of thioether (sulfide) groups is 1. The number of aliphatic imine (C=N–C) groups is 1. The van der Waals surface area contributed by atoms with Gasteiger partial charge in [-0.3, -0.25) is 4.40 Å². The Morgan fingerprint density at radius 1 is 1.33 bits per heavy atom. The molecular formula is C18H23FIN5S2. The molecule has 0 fully saturated rings. The Bertz CT molecular complexity index is 864. The van der Waals surface area contributed by atoms with Crippen LogP contribution in [0.15, 0.2) is 41.0 Å². The van der Waals surface area contributed by atoms with Crippen LogP contribution in [0.5, 0.6) is 0 Å². The lowest BCUT2D eigenvalue weighted by atomic mass is 10.1. The van der Waals surface area contributed by atoms with E-state index in [4.69, 9.17) is 0 Å². The molecule has 0 unspecified atom stereocenters. The lowest BCUT2D eigenvalue weighted by molar-refractivity contribution is 0.625. The third-order valence-electron chi connectivity index (χ3n) is 3.80. The topological polar surface area (TPSA) is 53.7 Å². The van der Waals surface area contributed by atoms with Gasteiger partial charge in [-0.1, -0.05) is 6.07 Å². The van der Waals surface area contributed by atoms with Gasteiger partial charge in [0.05, 0.1) is 18.8 Å². The first-order chi connectivity index (χ1) is 12.7. The predicted octanol–water partition coefficient (Wildman–Crippen LogP) is 4.27. The Kier molecular flexibility index (Phi) is 8.84. The number of guanidine groups is 1. The SMILES string of the molecule is CCNC(=NCc1ccc(F)cc1CSC)NCc1cn2ccsc2n1.I. The van der Waals surface area contributed by atoms with Crippen LogP contribution in [-0.2, 0) is 18.8 Å². The first-order valence-electron chi connectivity index (χ1n) is 8.39. The third-order valence-corrected chi connectivity index (χ3v) is 5.17. The average Bonchev–Trinajstić information content (AvgIpc) is 3.20. The molecule has 27 heavy (non-hydrogen) atoms. The monoisotopic (exact) mass is 519 g/mol. The van der Waals surface area contributed by atoms with Crippen LogP contribution in [0.2, 0.25) is 0 Å². The summed E-state index contributed by atoms with van der Waals surface area (Å²) in [6.45, 7) is 3.90. The van der Waals surface area contributed by atoms with Gasteiger partial charge in [0, 0.05) is 30.1 Å². The second-order valence-corrected chi connectivity index (χ2v) is 7.46. The molecule has 146 valence electrons. The summed E-state index contributed by atoms with van der Waals surface area (Å²) < 4.78 is 15.5. The van der Waals surface area contributed by atoms with E-state index in [1.54, 1.807) is 29.2 Å². The van der Waals surface area contributed by atoms with Crippen LogP contribution < -0.4 is 10.6 Å². The molecule has 0 amide bonds. The molecule has 3 rings (SSSR count).